The third-order valence-electron chi connectivity index (χ3n) is 4.63. The van der Waals surface area contributed by atoms with Gasteiger partial charge in [0, 0.05) is 22.3 Å². The second kappa shape index (κ2) is 6.93. The van der Waals surface area contributed by atoms with Crippen molar-refractivity contribution < 1.29 is 23.0 Å². The fraction of sp³-hybridized carbons (Fsp3) is 0.250. The van der Waals surface area contributed by atoms with Crippen molar-refractivity contribution in [3.05, 3.63) is 60.6 Å². The van der Waals surface area contributed by atoms with Gasteiger partial charge < -0.3 is 19.8 Å². The zero-order chi connectivity index (χ0) is 20.9. The zero-order valence-electron chi connectivity index (χ0n) is 15.8. The first kappa shape index (κ1) is 19.5. The molecule has 0 radical (unpaired) electrons. The van der Waals surface area contributed by atoms with Crippen molar-refractivity contribution >= 4 is 29.2 Å². The van der Waals surface area contributed by atoms with Crippen molar-refractivity contribution in [2.45, 2.75) is 26.1 Å². The van der Waals surface area contributed by atoms with Crippen molar-refractivity contribution in [3.63, 3.8) is 0 Å². The van der Waals surface area contributed by atoms with Crippen LogP contribution in [0.4, 0.5) is 13.2 Å². The van der Waals surface area contributed by atoms with Gasteiger partial charge in [0.15, 0.2) is 6.10 Å². The summed E-state index contributed by atoms with van der Waals surface area (Å²) in [7, 11) is 1.57. The van der Waals surface area contributed by atoms with Crippen molar-refractivity contribution in [1.82, 2.24) is 9.97 Å². The molecule has 0 aliphatic carbocycles. The number of aryl methyl sites for hydroxylation is 2. The maximum absolute atomic E-state index is 12.7. The Hall–Kier alpha value is -2.78. The molecule has 3 aromatic heterocycles. The van der Waals surface area contributed by atoms with Gasteiger partial charge in [0.2, 0.25) is 0 Å². The van der Waals surface area contributed by atoms with Crippen LogP contribution in [0.2, 0.25) is 0 Å². The van der Waals surface area contributed by atoms with Crippen LogP contribution >= 0.6 is 11.3 Å². The molecule has 1 atom stereocenters. The van der Waals surface area contributed by atoms with Crippen molar-refractivity contribution in [2.75, 3.05) is 7.11 Å². The average molecular weight is 421 g/mol. The number of nitrogens with zero attached hydrogens (tertiary/aromatic N) is 1. The Kier molecular flexibility index (Phi) is 4.66. The molecule has 1 unspecified atom stereocenters. The average Bonchev–Trinajstić information content (AvgIpc) is 3.36. The molecule has 0 bridgehead atoms. The number of ether oxygens (including phenoxy) is 1. The third-order valence-corrected chi connectivity index (χ3v) is 5.76. The predicted octanol–water partition coefficient (Wildman–Crippen LogP) is 1.68. The van der Waals surface area contributed by atoms with Crippen LogP contribution in [0.5, 0.6) is 5.75 Å². The molecule has 0 saturated heterocycles. The van der Waals surface area contributed by atoms with Crippen LogP contribution in [0.3, 0.4) is 0 Å². The van der Waals surface area contributed by atoms with E-state index in [0.29, 0.717) is 26.7 Å². The molecule has 0 saturated carbocycles. The van der Waals surface area contributed by atoms with Crippen LogP contribution in [0.15, 0.2) is 23.2 Å². The molecule has 4 rings (SSSR count). The maximum Gasteiger partial charge on any atom is 0.419 e. The third kappa shape index (κ3) is 3.63. The Labute approximate surface area is 167 Å². The SMILES string of the molecule is COc1cc(=C2C=c3sc(C(O)C(F)(F)F)cc3=N2)[nH]c1=Cc1[nH]c(C)cc1C. The quantitative estimate of drug-likeness (QED) is 0.602. The lowest BCUT2D eigenvalue weighted by atomic mass is 10.2. The number of hydrogen-bond donors (Lipinski definition) is 3. The molecule has 3 aromatic rings. The van der Waals surface area contributed by atoms with E-state index in [2.05, 4.69) is 15.0 Å². The lowest BCUT2D eigenvalue weighted by molar-refractivity contribution is -0.205. The van der Waals surface area contributed by atoms with Gasteiger partial charge in [0.05, 0.1) is 33.4 Å². The number of aliphatic hydroxyl groups excluding tert-OH is 1. The standard InChI is InChI=1S/C20H18F3N3O2S/c1-9-4-10(2)24-11(9)5-14-16(28-3)6-12(25-14)13-7-17-15(26-13)8-18(29-17)19(27)20(21,22)23/h4-8,19,24-25,27H,1-3H3. The largest absolute Gasteiger partial charge is 0.494 e. The molecule has 9 heteroatoms. The number of aliphatic hydroxyl groups is 1. The maximum atomic E-state index is 12.7. The second-order valence-electron chi connectivity index (χ2n) is 6.84. The number of hydrogen-bond acceptors (Lipinski definition) is 4. The van der Waals surface area contributed by atoms with E-state index < -0.39 is 12.3 Å². The van der Waals surface area contributed by atoms with Crippen molar-refractivity contribution in [1.29, 1.82) is 0 Å². The van der Waals surface area contributed by atoms with Gasteiger partial charge in [-0.2, -0.15) is 13.2 Å². The van der Waals surface area contributed by atoms with Gasteiger partial charge in [-0.3, -0.25) is 0 Å². The Balaban J connectivity index is 1.79. The normalized spacial score (nSPS) is 17.1. The van der Waals surface area contributed by atoms with E-state index in [0.717, 1.165) is 33.6 Å². The molecular formula is C20H18F3N3O2S. The van der Waals surface area contributed by atoms with E-state index in [1.54, 1.807) is 19.3 Å². The lowest BCUT2D eigenvalue weighted by Crippen LogP contribution is -2.19. The van der Waals surface area contributed by atoms with E-state index >= 15 is 0 Å². The van der Waals surface area contributed by atoms with Crippen molar-refractivity contribution in [3.8, 4) is 5.75 Å². The molecule has 0 spiro atoms. The minimum Gasteiger partial charge on any atom is -0.494 e. The second-order valence-corrected chi connectivity index (χ2v) is 7.96. The fourth-order valence-corrected chi connectivity index (χ4v) is 4.28. The highest BCUT2D eigenvalue weighted by Crippen LogP contribution is 2.33. The summed E-state index contributed by atoms with van der Waals surface area (Å²) in [6.45, 7) is 3.98. The summed E-state index contributed by atoms with van der Waals surface area (Å²) >= 11 is 0.881. The summed E-state index contributed by atoms with van der Waals surface area (Å²) in [5.41, 5.74) is 3.70. The molecule has 5 nitrogen and oxygen atoms in total. The van der Waals surface area contributed by atoms with Gasteiger partial charge in [0.25, 0.3) is 0 Å². The van der Waals surface area contributed by atoms with Gasteiger partial charge in [0.1, 0.15) is 5.75 Å². The van der Waals surface area contributed by atoms with E-state index in [-0.39, 0.29) is 4.88 Å². The summed E-state index contributed by atoms with van der Waals surface area (Å²) in [6.07, 6.45) is -3.56. The first-order chi connectivity index (χ1) is 13.7. The smallest absolute Gasteiger partial charge is 0.419 e. The Morgan fingerprint density at radius 3 is 2.55 bits per heavy atom. The number of fused-ring (bicyclic) bond motifs is 1. The summed E-state index contributed by atoms with van der Waals surface area (Å²) < 4.78 is 44.2. The number of aromatic amines is 2. The minimum atomic E-state index is -4.70. The Bertz CT molecular complexity index is 1290. The number of H-pyrrole nitrogens is 2. The monoisotopic (exact) mass is 421 g/mol. The number of rotatable bonds is 3. The first-order valence-electron chi connectivity index (χ1n) is 8.76. The van der Waals surface area contributed by atoms with Crippen LogP contribution in [-0.4, -0.2) is 28.4 Å². The van der Waals surface area contributed by atoms with Crippen LogP contribution in [-0.2, 0) is 0 Å². The highest BCUT2D eigenvalue weighted by atomic mass is 32.1. The summed E-state index contributed by atoms with van der Waals surface area (Å²) in [5.74, 6) is 0.631. The van der Waals surface area contributed by atoms with Crippen LogP contribution < -0.4 is 25.3 Å². The molecule has 0 amide bonds. The number of aromatic nitrogens is 2. The number of halogens is 3. The van der Waals surface area contributed by atoms with Gasteiger partial charge in [-0.1, -0.05) is 0 Å². The molecule has 0 fully saturated rings. The number of thiophene rings is 1. The summed E-state index contributed by atoms with van der Waals surface area (Å²) in [5, 5.41) is 11.3. The molecule has 29 heavy (non-hydrogen) atoms. The molecule has 0 aromatic carbocycles. The molecule has 4 heterocycles. The van der Waals surface area contributed by atoms with E-state index in [4.69, 9.17) is 4.74 Å². The molecule has 1 aliphatic rings. The van der Waals surface area contributed by atoms with Crippen molar-refractivity contribution in [2.24, 2.45) is 4.99 Å². The van der Waals surface area contributed by atoms with Gasteiger partial charge >= 0.3 is 6.18 Å². The topological polar surface area (TPSA) is 73.4 Å². The Morgan fingerprint density at radius 2 is 1.97 bits per heavy atom. The number of alkyl halides is 3. The van der Waals surface area contributed by atoms with Crippen LogP contribution in [0.1, 0.15) is 27.9 Å². The molecule has 1 aliphatic heterocycles. The minimum absolute atomic E-state index is 0.169. The highest BCUT2D eigenvalue weighted by molar-refractivity contribution is 7.10. The van der Waals surface area contributed by atoms with Gasteiger partial charge in [-0.15, -0.1) is 11.3 Å². The fourth-order valence-electron chi connectivity index (χ4n) is 3.24. The lowest BCUT2D eigenvalue weighted by Gasteiger charge is -2.11. The van der Waals surface area contributed by atoms with Crippen LogP contribution in [0.25, 0.3) is 17.8 Å². The molecule has 3 N–H and O–H groups in total. The zero-order valence-corrected chi connectivity index (χ0v) is 16.6. The van der Waals surface area contributed by atoms with E-state index in [1.165, 1.54) is 6.07 Å². The summed E-state index contributed by atoms with van der Waals surface area (Å²) in [6, 6.07) is 5.12. The number of methoxy groups -OCH3 is 1. The van der Waals surface area contributed by atoms with E-state index in [1.807, 2.05) is 26.0 Å². The molecular weight excluding hydrogens is 403 g/mol. The van der Waals surface area contributed by atoms with Crippen LogP contribution in [0, 0.1) is 13.8 Å². The predicted molar refractivity (Wildman–Crippen MR) is 104 cm³/mol. The highest BCUT2D eigenvalue weighted by Gasteiger charge is 2.40. The first-order valence-corrected chi connectivity index (χ1v) is 9.57. The van der Waals surface area contributed by atoms with E-state index in [9.17, 15) is 18.3 Å². The Morgan fingerprint density at radius 1 is 1.21 bits per heavy atom. The van der Waals surface area contributed by atoms with Gasteiger partial charge in [-0.25, -0.2) is 4.99 Å². The van der Waals surface area contributed by atoms with Gasteiger partial charge in [-0.05, 0) is 43.7 Å². The summed E-state index contributed by atoms with van der Waals surface area (Å²) in [4.78, 5) is 10.8. The number of nitrogens with one attached hydrogen (secondary N) is 2. The molecule has 152 valence electrons.